The van der Waals surface area contributed by atoms with Crippen LogP contribution in [0, 0.1) is 0 Å². The van der Waals surface area contributed by atoms with Gasteiger partial charge >= 0.3 is 5.97 Å². The largest absolute Gasteiger partial charge is 0.493 e. The third-order valence-electron chi connectivity index (χ3n) is 5.16. The molecule has 0 unspecified atom stereocenters. The quantitative estimate of drug-likeness (QED) is 0.252. The second kappa shape index (κ2) is 9.46. The zero-order chi connectivity index (χ0) is 23.5. The molecule has 0 N–H and O–H groups in total. The maximum absolute atomic E-state index is 13.3. The van der Waals surface area contributed by atoms with E-state index in [0.29, 0.717) is 39.5 Å². The highest BCUT2D eigenvalue weighted by Gasteiger charge is 2.22. The van der Waals surface area contributed by atoms with Gasteiger partial charge in [-0.3, -0.25) is 9.20 Å². The molecule has 0 saturated carbocycles. The average Bonchev–Trinajstić information content (AvgIpc) is 3.22. The van der Waals surface area contributed by atoms with Gasteiger partial charge in [0.1, 0.15) is 6.33 Å². The van der Waals surface area contributed by atoms with Crippen molar-refractivity contribution in [1.29, 1.82) is 0 Å². The predicted octanol–water partition coefficient (Wildman–Crippen LogP) is 5.19. The van der Waals surface area contributed by atoms with Crippen LogP contribution in [0.1, 0.15) is 33.3 Å². The highest BCUT2D eigenvalue weighted by molar-refractivity contribution is 9.10. The van der Waals surface area contributed by atoms with Gasteiger partial charge in [-0.25, -0.2) is 9.78 Å². The summed E-state index contributed by atoms with van der Waals surface area (Å²) >= 11 is 3.39. The van der Waals surface area contributed by atoms with Crippen molar-refractivity contribution in [3.63, 3.8) is 0 Å². The molecule has 168 valence electrons. The molecule has 33 heavy (non-hydrogen) atoms. The molecule has 0 radical (unpaired) electrons. The summed E-state index contributed by atoms with van der Waals surface area (Å²) in [7, 11) is 3.13. The fourth-order valence-electron chi connectivity index (χ4n) is 3.58. The second-order valence-electron chi connectivity index (χ2n) is 7.10. The van der Waals surface area contributed by atoms with Crippen LogP contribution in [0.4, 0.5) is 0 Å². The van der Waals surface area contributed by atoms with Gasteiger partial charge in [0.05, 0.1) is 43.3 Å². The smallest absolute Gasteiger partial charge is 0.340 e. The van der Waals surface area contributed by atoms with Crippen LogP contribution in [0.5, 0.6) is 11.5 Å². The summed E-state index contributed by atoms with van der Waals surface area (Å²) in [5.41, 5.74) is 2.99. The lowest BCUT2D eigenvalue weighted by Crippen LogP contribution is -2.05. The minimum atomic E-state index is -0.507. The minimum Gasteiger partial charge on any atom is -0.493 e. The van der Waals surface area contributed by atoms with Crippen LogP contribution in [-0.4, -0.2) is 42.0 Å². The SMILES string of the molecule is CCOC(=O)c1cc(C(=O)c2cccc(Br)c2)n2cnc(-c3ccc(OC)c(OC)c3)cc12. The lowest BCUT2D eigenvalue weighted by atomic mass is 10.1. The Morgan fingerprint density at radius 3 is 2.48 bits per heavy atom. The number of benzene rings is 2. The van der Waals surface area contributed by atoms with Crippen LogP contribution in [0.25, 0.3) is 16.8 Å². The molecule has 0 aliphatic heterocycles. The molecule has 4 rings (SSSR count). The Morgan fingerprint density at radius 1 is 1.00 bits per heavy atom. The standard InChI is InChI=1S/C25H21BrN2O5/c1-4-33-25(30)18-12-21(24(29)16-6-5-7-17(26)10-16)28-14-27-19(13-20(18)28)15-8-9-22(31-2)23(11-15)32-3/h5-14H,4H2,1-3H3. The van der Waals surface area contributed by atoms with Gasteiger partial charge in [0, 0.05) is 15.6 Å². The summed E-state index contributed by atoms with van der Waals surface area (Å²) < 4.78 is 18.3. The van der Waals surface area contributed by atoms with Crippen LogP contribution < -0.4 is 9.47 Å². The number of carbonyl (C=O) groups excluding carboxylic acids is 2. The van der Waals surface area contributed by atoms with Crippen LogP contribution in [-0.2, 0) is 4.74 Å². The van der Waals surface area contributed by atoms with Crippen molar-refractivity contribution in [2.24, 2.45) is 0 Å². The van der Waals surface area contributed by atoms with Gasteiger partial charge in [0.2, 0.25) is 5.78 Å². The first-order valence-corrected chi connectivity index (χ1v) is 11.0. The second-order valence-corrected chi connectivity index (χ2v) is 8.02. The number of ether oxygens (including phenoxy) is 3. The third-order valence-corrected chi connectivity index (χ3v) is 5.65. The number of methoxy groups -OCH3 is 2. The highest BCUT2D eigenvalue weighted by Crippen LogP contribution is 2.33. The summed E-state index contributed by atoms with van der Waals surface area (Å²) in [5, 5.41) is 0. The number of fused-ring (bicyclic) bond motifs is 1. The predicted molar refractivity (Wildman–Crippen MR) is 127 cm³/mol. The van der Waals surface area contributed by atoms with Crippen molar-refractivity contribution in [2.75, 3.05) is 20.8 Å². The molecule has 2 heterocycles. The van der Waals surface area contributed by atoms with Gasteiger partial charge in [-0.15, -0.1) is 0 Å². The van der Waals surface area contributed by atoms with Crippen LogP contribution >= 0.6 is 15.9 Å². The molecule has 0 spiro atoms. The molecule has 0 amide bonds. The number of hydrogen-bond acceptors (Lipinski definition) is 6. The number of halogens is 1. The van der Waals surface area contributed by atoms with E-state index in [4.69, 9.17) is 14.2 Å². The first kappa shape index (κ1) is 22.5. The number of rotatable bonds is 7. The first-order chi connectivity index (χ1) is 16.0. The molecule has 0 saturated heterocycles. The molecule has 0 aliphatic rings. The normalized spacial score (nSPS) is 10.8. The Kier molecular flexibility index (Phi) is 6.46. The van der Waals surface area contributed by atoms with Crippen molar-refractivity contribution < 1.29 is 23.8 Å². The van der Waals surface area contributed by atoms with Crippen LogP contribution in [0.15, 0.2) is 65.4 Å². The summed E-state index contributed by atoms with van der Waals surface area (Å²) in [6.07, 6.45) is 1.54. The molecule has 0 fully saturated rings. The van der Waals surface area contributed by atoms with Crippen LogP contribution in [0.2, 0.25) is 0 Å². The number of ketones is 1. The van der Waals surface area contributed by atoms with Gasteiger partial charge in [-0.2, -0.15) is 0 Å². The van der Waals surface area contributed by atoms with Gasteiger partial charge in [-0.05, 0) is 49.4 Å². The Morgan fingerprint density at radius 2 is 1.79 bits per heavy atom. The first-order valence-electron chi connectivity index (χ1n) is 10.2. The van der Waals surface area contributed by atoms with E-state index in [9.17, 15) is 9.59 Å². The average molecular weight is 509 g/mol. The lowest BCUT2D eigenvalue weighted by molar-refractivity contribution is 0.0529. The lowest BCUT2D eigenvalue weighted by Gasteiger charge is -2.10. The van der Waals surface area contributed by atoms with E-state index < -0.39 is 5.97 Å². The van der Waals surface area contributed by atoms with Gasteiger partial charge in [0.25, 0.3) is 0 Å². The highest BCUT2D eigenvalue weighted by atomic mass is 79.9. The van der Waals surface area contributed by atoms with E-state index in [-0.39, 0.29) is 12.4 Å². The van der Waals surface area contributed by atoms with Gasteiger partial charge < -0.3 is 14.2 Å². The fourth-order valence-corrected chi connectivity index (χ4v) is 3.98. The summed E-state index contributed by atoms with van der Waals surface area (Å²) in [6, 6.07) is 15.8. The zero-order valence-corrected chi connectivity index (χ0v) is 19.9. The summed E-state index contributed by atoms with van der Waals surface area (Å²) in [5.74, 6) is 0.414. The maximum Gasteiger partial charge on any atom is 0.340 e. The molecule has 0 aliphatic carbocycles. The van der Waals surface area contributed by atoms with Crippen molar-refractivity contribution in [3.05, 3.63) is 82.2 Å². The van der Waals surface area contributed by atoms with Gasteiger partial charge in [-0.1, -0.05) is 28.1 Å². The Bertz CT molecular complexity index is 1360. The molecule has 8 heteroatoms. The number of esters is 1. The van der Waals surface area contributed by atoms with Crippen molar-refractivity contribution in [1.82, 2.24) is 9.38 Å². The number of nitrogens with zero attached hydrogens (tertiary/aromatic N) is 2. The van der Waals surface area contributed by atoms with E-state index in [1.807, 2.05) is 12.1 Å². The van der Waals surface area contributed by atoms with E-state index in [1.165, 1.54) is 6.33 Å². The number of hydrogen-bond donors (Lipinski definition) is 0. The number of carbonyl (C=O) groups is 2. The summed E-state index contributed by atoms with van der Waals surface area (Å²) in [6.45, 7) is 1.96. The maximum atomic E-state index is 13.3. The van der Waals surface area contributed by atoms with E-state index in [2.05, 4.69) is 20.9 Å². The molecular formula is C25H21BrN2O5. The molecule has 2 aromatic carbocycles. The molecular weight excluding hydrogens is 488 g/mol. The van der Waals surface area contributed by atoms with Crippen LogP contribution in [0.3, 0.4) is 0 Å². The molecule has 7 nitrogen and oxygen atoms in total. The molecule has 0 atom stereocenters. The molecule has 4 aromatic rings. The molecule has 0 bridgehead atoms. The zero-order valence-electron chi connectivity index (χ0n) is 18.3. The number of aromatic nitrogens is 2. The third kappa shape index (κ3) is 4.34. The Hall–Kier alpha value is -3.65. The fraction of sp³-hybridized carbons (Fsp3) is 0.160. The topological polar surface area (TPSA) is 79.1 Å². The monoisotopic (exact) mass is 508 g/mol. The van der Waals surface area contributed by atoms with Crippen molar-refractivity contribution >= 4 is 33.2 Å². The molecule has 2 aromatic heterocycles. The Labute approximate surface area is 199 Å². The Balaban J connectivity index is 1.87. The van der Waals surface area contributed by atoms with Gasteiger partial charge in [0.15, 0.2) is 11.5 Å². The van der Waals surface area contributed by atoms with Crippen molar-refractivity contribution in [2.45, 2.75) is 6.92 Å². The summed E-state index contributed by atoms with van der Waals surface area (Å²) in [4.78, 5) is 30.5. The van der Waals surface area contributed by atoms with E-state index in [1.54, 1.807) is 68.0 Å². The van der Waals surface area contributed by atoms with E-state index >= 15 is 0 Å². The van der Waals surface area contributed by atoms with E-state index in [0.717, 1.165) is 10.0 Å². The minimum absolute atomic E-state index is 0.221. The van der Waals surface area contributed by atoms with Crippen molar-refractivity contribution in [3.8, 4) is 22.8 Å².